The SMILES string of the molecule is c1cc(C2CCOCC2)n2ncnc2c1. The Morgan fingerprint density at radius 2 is 2.13 bits per heavy atom. The summed E-state index contributed by atoms with van der Waals surface area (Å²) in [6, 6.07) is 6.17. The van der Waals surface area contributed by atoms with Crippen LogP contribution in [0.3, 0.4) is 0 Å². The molecule has 2 aromatic rings. The minimum absolute atomic E-state index is 0.559. The van der Waals surface area contributed by atoms with E-state index in [0.29, 0.717) is 5.92 Å². The lowest BCUT2D eigenvalue weighted by molar-refractivity contribution is 0.0841. The fourth-order valence-electron chi connectivity index (χ4n) is 2.17. The van der Waals surface area contributed by atoms with Crippen LogP contribution in [0.4, 0.5) is 0 Å². The van der Waals surface area contributed by atoms with Crippen molar-refractivity contribution in [2.24, 2.45) is 0 Å². The zero-order valence-corrected chi connectivity index (χ0v) is 8.47. The lowest BCUT2D eigenvalue weighted by Gasteiger charge is -2.22. The third kappa shape index (κ3) is 1.51. The van der Waals surface area contributed by atoms with Crippen molar-refractivity contribution in [2.75, 3.05) is 13.2 Å². The molecule has 0 aromatic carbocycles. The zero-order valence-electron chi connectivity index (χ0n) is 8.47. The third-order valence-corrected chi connectivity index (χ3v) is 2.97. The van der Waals surface area contributed by atoms with Gasteiger partial charge in [0, 0.05) is 24.8 Å². The van der Waals surface area contributed by atoms with Crippen LogP contribution in [-0.4, -0.2) is 27.8 Å². The molecular formula is C11H13N3O. The van der Waals surface area contributed by atoms with Gasteiger partial charge >= 0.3 is 0 Å². The van der Waals surface area contributed by atoms with Crippen LogP contribution >= 0.6 is 0 Å². The monoisotopic (exact) mass is 203 g/mol. The van der Waals surface area contributed by atoms with E-state index in [1.54, 1.807) is 6.33 Å². The van der Waals surface area contributed by atoms with E-state index in [0.717, 1.165) is 31.7 Å². The van der Waals surface area contributed by atoms with Gasteiger partial charge in [-0.3, -0.25) is 0 Å². The molecule has 1 saturated heterocycles. The predicted octanol–water partition coefficient (Wildman–Crippen LogP) is 1.62. The average Bonchev–Trinajstić information content (AvgIpc) is 2.78. The summed E-state index contributed by atoms with van der Waals surface area (Å²) in [7, 11) is 0. The normalized spacial score (nSPS) is 18.4. The first-order valence-corrected chi connectivity index (χ1v) is 5.31. The van der Waals surface area contributed by atoms with Crippen LogP contribution in [0.2, 0.25) is 0 Å². The first-order valence-electron chi connectivity index (χ1n) is 5.31. The van der Waals surface area contributed by atoms with Crippen molar-refractivity contribution in [2.45, 2.75) is 18.8 Å². The molecule has 0 aliphatic carbocycles. The van der Waals surface area contributed by atoms with Crippen LogP contribution in [0.1, 0.15) is 24.5 Å². The van der Waals surface area contributed by atoms with Crippen LogP contribution in [0.15, 0.2) is 24.5 Å². The van der Waals surface area contributed by atoms with Gasteiger partial charge in [0.1, 0.15) is 6.33 Å². The zero-order chi connectivity index (χ0) is 10.1. The number of nitrogens with zero attached hydrogens (tertiary/aromatic N) is 3. The molecule has 0 amide bonds. The molecule has 0 atom stereocenters. The predicted molar refractivity (Wildman–Crippen MR) is 55.8 cm³/mol. The molecular weight excluding hydrogens is 190 g/mol. The fourth-order valence-corrected chi connectivity index (χ4v) is 2.17. The summed E-state index contributed by atoms with van der Waals surface area (Å²) in [6.45, 7) is 1.71. The van der Waals surface area contributed by atoms with E-state index in [-0.39, 0.29) is 0 Å². The highest BCUT2D eigenvalue weighted by Crippen LogP contribution is 2.26. The molecule has 15 heavy (non-hydrogen) atoms. The third-order valence-electron chi connectivity index (χ3n) is 2.97. The van der Waals surface area contributed by atoms with Crippen molar-refractivity contribution in [3.05, 3.63) is 30.2 Å². The topological polar surface area (TPSA) is 39.4 Å². The van der Waals surface area contributed by atoms with Crippen molar-refractivity contribution in [1.29, 1.82) is 0 Å². The molecule has 3 rings (SSSR count). The Labute approximate surface area is 87.9 Å². The quantitative estimate of drug-likeness (QED) is 0.707. The Hall–Kier alpha value is -1.42. The number of ether oxygens (including phenoxy) is 1. The highest BCUT2D eigenvalue weighted by atomic mass is 16.5. The van der Waals surface area contributed by atoms with E-state index < -0.39 is 0 Å². The van der Waals surface area contributed by atoms with Crippen LogP contribution in [0, 0.1) is 0 Å². The standard InChI is InChI=1S/C11H13N3O/c1-2-10(9-4-6-15-7-5-9)14-11(3-1)12-8-13-14/h1-3,8-9H,4-7H2. The Kier molecular flexibility index (Phi) is 2.14. The summed E-state index contributed by atoms with van der Waals surface area (Å²) in [5.74, 6) is 0.559. The van der Waals surface area contributed by atoms with Crippen molar-refractivity contribution in [3.8, 4) is 0 Å². The molecule has 0 spiro atoms. The molecule has 4 heteroatoms. The Bertz CT molecular complexity index is 460. The van der Waals surface area contributed by atoms with Crippen LogP contribution in [-0.2, 0) is 4.74 Å². The van der Waals surface area contributed by atoms with Gasteiger partial charge in [0.05, 0.1) is 0 Å². The highest BCUT2D eigenvalue weighted by molar-refractivity contribution is 5.38. The molecule has 2 aromatic heterocycles. The summed E-state index contributed by atoms with van der Waals surface area (Å²) in [5, 5.41) is 4.26. The van der Waals surface area contributed by atoms with E-state index in [2.05, 4.69) is 22.2 Å². The number of aromatic nitrogens is 3. The summed E-state index contributed by atoms with van der Waals surface area (Å²) in [5.41, 5.74) is 2.19. The molecule has 1 aliphatic rings. The van der Waals surface area contributed by atoms with Gasteiger partial charge in [-0.15, -0.1) is 0 Å². The van der Waals surface area contributed by atoms with Crippen LogP contribution in [0.25, 0.3) is 5.65 Å². The van der Waals surface area contributed by atoms with Crippen LogP contribution < -0.4 is 0 Å². The number of hydrogen-bond donors (Lipinski definition) is 0. The van der Waals surface area contributed by atoms with Crippen molar-refractivity contribution in [3.63, 3.8) is 0 Å². The molecule has 0 saturated carbocycles. The number of fused-ring (bicyclic) bond motifs is 1. The van der Waals surface area contributed by atoms with Crippen molar-refractivity contribution < 1.29 is 4.74 Å². The lowest BCUT2D eigenvalue weighted by Crippen LogP contribution is -2.16. The first-order chi connectivity index (χ1) is 7.45. The maximum atomic E-state index is 5.37. The average molecular weight is 203 g/mol. The maximum absolute atomic E-state index is 5.37. The first kappa shape index (κ1) is 8.85. The summed E-state index contributed by atoms with van der Waals surface area (Å²) < 4.78 is 7.31. The smallest absolute Gasteiger partial charge is 0.155 e. The van der Waals surface area contributed by atoms with E-state index >= 15 is 0 Å². The van der Waals surface area contributed by atoms with Crippen molar-refractivity contribution >= 4 is 5.65 Å². The van der Waals surface area contributed by atoms with E-state index in [1.165, 1.54) is 5.69 Å². The second-order valence-electron chi connectivity index (χ2n) is 3.87. The fraction of sp³-hybridized carbons (Fsp3) is 0.455. The molecule has 1 fully saturated rings. The Balaban J connectivity index is 2.05. The molecule has 0 unspecified atom stereocenters. The minimum Gasteiger partial charge on any atom is -0.381 e. The second-order valence-corrected chi connectivity index (χ2v) is 3.87. The van der Waals surface area contributed by atoms with Gasteiger partial charge in [-0.2, -0.15) is 5.10 Å². The molecule has 1 aliphatic heterocycles. The molecule has 78 valence electrons. The lowest BCUT2D eigenvalue weighted by atomic mass is 9.96. The summed E-state index contributed by atoms with van der Waals surface area (Å²) >= 11 is 0. The largest absolute Gasteiger partial charge is 0.381 e. The number of hydrogen-bond acceptors (Lipinski definition) is 3. The molecule has 0 radical (unpaired) electrons. The Morgan fingerprint density at radius 1 is 1.27 bits per heavy atom. The molecule has 0 bridgehead atoms. The molecule has 0 N–H and O–H groups in total. The van der Waals surface area contributed by atoms with Gasteiger partial charge in [-0.05, 0) is 25.0 Å². The maximum Gasteiger partial charge on any atom is 0.155 e. The summed E-state index contributed by atoms with van der Waals surface area (Å²) in [6.07, 6.45) is 3.77. The highest BCUT2D eigenvalue weighted by Gasteiger charge is 2.18. The van der Waals surface area contributed by atoms with Gasteiger partial charge < -0.3 is 4.74 Å². The Morgan fingerprint density at radius 3 is 3.00 bits per heavy atom. The van der Waals surface area contributed by atoms with Gasteiger partial charge in [-0.25, -0.2) is 9.50 Å². The number of rotatable bonds is 1. The van der Waals surface area contributed by atoms with E-state index in [1.807, 2.05) is 10.6 Å². The van der Waals surface area contributed by atoms with Gasteiger partial charge in [0.15, 0.2) is 5.65 Å². The number of pyridine rings is 1. The van der Waals surface area contributed by atoms with E-state index in [9.17, 15) is 0 Å². The second kappa shape index (κ2) is 3.62. The van der Waals surface area contributed by atoms with Gasteiger partial charge in [0.25, 0.3) is 0 Å². The van der Waals surface area contributed by atoms with Crippen molar-refractivity contribution in [1.82, 2.24) is 14.6 Å². The molecule has 3 heterocycles. The molecule has 4 nitrogen and oxygen atoms in total. The van der Waals surface area contributed by atoms with Crippen LogP contribution in [0.5, 0.6) is 0 Å². The van der Waals surface area contributed by atoms with Gasteiger partial charge in [-0.1, -0.05) is 6.07 Å². The van der Waals surface area contributed by atoms with E-state index in [4.69, 9.17) is 4.74 Å². The summed E-state index contributed by atoms with van der Waals surface area (Å²) in [4.78, 5) is 4.19. The minimum atomic E-state index is 0.559. The van der Waals surface area contributed by atoms with Gasteiger partial charge in [0.2, 0.25) is 0 Å².